The number of rotatable bonds is 9. The lowest BCUT2D eigenvalue weighted by atomic mass is 10.2. The number of carbonyl (C=O) groups is 1. The molecule has 0 aliphatic carbocycles. The van der Waals surface area contributed by atoms with E-state index in [4.69, 9.17) is 14.2 Å². The van der Waals surface area contributed by atoms with E-state index in [1.807, 2.05) is 6.92 Å². The number of nitrogens with zero attached hydrogens (tertiary/aromatic N) is 1. The molecule has 1 aliphatic heterocycles. The van der Waals surface area contributed by atoms with Gasteiger partial charge in [0.2, 0.25) is 22.7 Å². The normalized spacial score (nSPS) is 12.6. The summed E-state index contributed by atoms with van der Waals surface area (Å²) in [5.74, 6) is 0.601. The Morgan fingerprint density at radius 3 is 2.35 bits per heavy atom. The third kappa shape index (κ3) is 6.06. The van der Waals surface area contributed by atoms with Crippen molar-refractivity contribution >= 4 is 43.0 Å². The lowest BCUT2D eigenvalue weighted by molar-refractivity contribution is -0.114. The van der Waals surface area contributed by atoms with E-state index in [0.717, 1.165) is 16.1 Å². The molecule has 0 radical (unpaired) electrons. The molecule has 1 aliphatic rings. The van der Waals surface area contributed by atoms with Crippen molar-refractivity contribution in [2.45, 2.75) is 11.8 Å². The maximum absolute atomic E-state index is 12.9. The third-order valence-corrected chi connectivity index (χ3v) is 7.90. The summed E-state index contributed by atoms with van der Waals surface area (Å²) in [6.07, 6.45) is 0.987. The van der Waals surface area contributed by atoms with Crippen LogP contribution in [0.1, 0.15) is 5.56 Å². The highest BCUT2D eigenvalue weighted by atomic mass is 32.2. The van der Waals surface area contributed by atoms with Gasteiger partial charge in [0.1, 0.15) is 12.3 Å². The van der Waals surface area contributed by atoms with Crippen molar-refractivity contribution in [3.05, 3.63) is 66.2 Å². The van der Waals surface area contributed by atoms with Crippen LogP contribution >= 0.6 is 0 Å². The zero-order chi connectivity index (χ0) is 26.8. The first-order valence-corrected chi connectivity index (χ1v) is 14.2. The molecule has 0 aromatic heterocycles. The van der Waals surface area contributed by atoms with Crippen LogP contribution in [0.5, 0.6) is 17.2 Å². The SMILES string of the molecule is COc1ccc(C)cc1NS(=O)(=O)c1ccc(NC(=O)CN(c2ccc3c(c2)OCO3)S(C)(=O)=O)cc1. The average Bonchev–Trinajstić information content (AvgIpc) is 3.30. The lowest BCUT2D eigenvalue weighted by Crippen LogP contribution is -2.37. The largest absolute Gasteiger partial charge is 0.495 e. The molecule has 0 unspecified atom stereocenters. The summed E-state index contributed by atoms with van der Waals surface area (Å²) in [6.45, 7) is 1.34. The van der Waals surface area contributed by atoms with Crippen LogP contribution in [-0.2, 0) is 24.8 Å². The van der Waals surface area contributed by atoms with E-state index in [2.05, 4.69) is 10.0 Å². The summed E-state index contributed by atoms with van der Waals surface area (Å²) in [5.41, 5.74) is 1.67. The van der Waals surface area contributed by atoms with Gasteiger partial charge < -0.3 is 19.5 Å². The quantitative estimate of drug-likeness (QED) is 0.417. The van der Waals surface area contributed by atoms with Crippen LogP contribution in [0.2, 0.25) is 0 Å². The highest BCUT2D eigenvalue weighted by Gasteiger charge is 2.24. The summed E-state index contributed by atoms with van der Waals surface area (Å²) < 4.78 is 69.7. The Balaban J connectivity index is 1.47. The number of methoxy groups -OCH3 is 1. The van der Waals surface area contributed by atoms with E-state index in [1.165, 1.54) is 43.5 Å². The first-order valence-electron chi connectivity index (χ1n) is 10.9. The summed E-state index contributed by atoms with van der Waals surface area (Å²) >= 11 is 0. The molecule has 3 aromatic rings. The summed E-state index contributed by atoms with van der Waals surface area (Å²) in [6, 6.07) is 15.1. The monoisotopic (exact) mass is 547 g/mol. The van der Waals surface area contributed by atoms with Crippen molar-refractivity contribution in [2.24, 2.45) is 0 Å². The maximum Gasteiger partial charge on any atom is 0.262 e. The number of benzene rings is 3. The molecule has 0 spiro atoms. The minimum Gasteiger partial charge on any atom is -0.495 e. The number of hydrogen-bond donors (Lipinski definition) is 2. The molecule has 4 rings (SSSR count). The van der Waals surface area contributed by atoms with E-state index in [1.54, 1.807) is 24.3 Å². The van der Waals surface area contributed by atoms with Crippen LogP contribution in [0, 0.1) is 6.92 Å². The molecule has 11 nitrogen and oxygen atoms in total. The van der Waals surface area contributed by atoms with Gasteiger partial charge in [-0.15, -0.1) is 0 Å². The van der Waals surface area contributed by atoms with Crippen molar-refractivity contribution in [3.63, 3.8) is 0 Å². The summed E-state index contributed by atoms with van der Waals surface area (Å²) in [4.78, 5) is 12.6. The van der Waals surface area contributed by atoms with E-state index in [-0.39, 0.29) is 23.1 Å². The minimum absolute atomic E-state index is 0.0257. The minimum atomic E-state index is -3.94. The second-order valence-corrected chi connectivity index (χ2v) is 11.8. The third-order valence-electron chi connectivity index (χ3n) is 5.38. The van der Waals surface area contributed by atoms with Gasteiger partial charge in [-0.2, -0.15) is 0 Å². The predicted octanol–water partition coefficient (Wildman–Crippen LogP) is 2.94. The van der Waals surface area contributed by atoms with Gasteiger partial charge in [0.25, 0.3) is 10.0 Å². The molecule has 3 aromatic carbocycles. The van der Waals surface area contributed by atoms with E-state index in [0.29, 0.717) is 22.9 Å². The van der Waals surface area contributed by atoms with Crippen LogP contribution in [0.3, 0.4) is 0 Å². The molecule has 2 N–H and O–H groups in total. The number of aryl methyl sites for hydroxylation is 1. The highest BCUT2D eigenvalue weighted by molar-refractivity contribution is 7.92. The molecule has 196 valence electrons. The molecule has 1 amide bonds. The molecule has 1 heterocycles. The number of nitrogens with one attached hydrogen (secondary N) is 2. The molecule has 0 atom stereocenters. The van der Waals surface area contributed by atoms with Crippen LogP contribution in [0.25, 0.3) is 0 Å². The maximum atomic E-state index is 12.9. The number of carbonyl (C=O) groups excluding carboxylic acids is 1. The molecule has 37 heavy (non-hydrogen) atoms. The molecule has 0 fully saturated rings. The molecular formula is C24H25N3O8S2. The van der Waals surface area contributed by atoms with Gasteiger partial charge >= 0.3 is 0 Å². The van der Waals surface area contributed by atoms with Crippen molar-refractivity contribution in [3.8, 4) is 17.2 Å². The van der Waals surface area contributed by atoms with Gasteiger partial charge in [0.05, 0.1) is 29.6 Å². The van der Waals surface area contributed by atoms with Gasteiger partial charge in [-0.3, -0.25) is 13.8 Å². The zero-order valence-electron chi connectivity index (χ0n) is 20.2. The van der Waals surface area contributed by atoms with E-state index < -0.39 is 32.5 Å². The first kappa shape index (κ1) is 26.1. The summed E-state index contributed by atoms with van der Waals surface area (Å²) in [7, 11) is -6.31. The van der Waals surface area contributed by atoms with Crippen LogP contribution < -0.4 is 28.6 Å². The molecule has 0 bridgehead atoms. The fourth-order valence-corrected chi connectivity index (χ4v) is 5.50. The van der Waals surface area contributed by atoms with Crippen molar-refractivity contribution in [2.75, 3.05) is 41.0 Å². The number of sulfonamides is 2. The Morgan fingerprint density at radius 1 is 0.973 bits per heavy atom. The zero-order valence-corrected chi connectivity index (χ0v) is 21.9. The fourth-order valence-electron chi connectivity index (χ4n) is 3.59. The topological polar surface area (TPSA) is 140 Å². The van der Waals surface area contributed by atoms with Gasteiger partial charge in [-0.05, 0) is 61.0 Å². The molecule has 13 heteroatoms. The summed E-state index contributed by atoms with van der Waals surface area (Å²) in [5, 5.41) is 2.58. The van der Waals surface area contributed by atoms with Gasteiger partial charge in [0, 0.05) is 11.8 Å². The number of fused-ring (bicyclic) bond motifs is 1. The van der Waals surface area contributed by atoms with Crippen molar-refractivity contribution in [1.29, 1.82) is 0 Å². The lowest BCUT2D eigenvalue weighted by Gasteiger charge is -2.22. The standard InChI is InChI=1S/C24H25N3O8S2/c1-16-4-10-21(33-2)20(12-16)26-37(31,32)19-8-5-17(6-9-19)25-24(28)14-27(36(3,29)30)18-7-11-22-23(13-18)35-15-34-22/h4-13,26H,14-15H2,1-3H3,(H,25,28). The van der Waals surface area contributed by atoms with Gasteiger partial charge in [0.15, 0.2) is 11.5 Å². The Morgan fingerprint density at radius 2 is 1.68 bits per heavy atom. The van der Waals surface area contributed by atoms with Gasteiger partial charge in [-0.25, -0.2) is 16.8 Å². The molecular weight excluding hydrogens is 522 g/mol. The molecule has 0 saturated heterocycles. The number of anilines is 3. The average molecular weight is 548 g/mol. The number of hydrogen-bond acceptors (Lipinski definition) is 8. The fraction of sp³-hybridized carbons (Fsp3) is 0.208. The second-order valence-electron chi connectivity index (χ2n) is 8.19. The predicted molar refractivity (Wildman–Crippen MR) is 138 cm³/mol. The Kier molecular flexibility index (Phi) is 7.18. The first-order chi connectivity index (χ1) is 17.5. The van der Waals surface area contributed by atoms with Crippen LogP contribution in [0.15, 0.2) is 65.6 Å². The van der Waals surface area contributed by atoms with E-state index in [9.17, 15) is 21.6 Å². The van der Waals surface area contributed by atoms with Crippen LogP contribution in [0.4, 0.5) is 17.1 Å². The Labute approximate surface area is 215 Å². The van der Waals surface area contributed by atoms with Crippen molar-refractivity contribution in [1.82, 2.24) is 0 Å². The molecule has 0 saturated carbocycles. The Hall–Kier alpha value is -3.97. The smallest absolute Gasteiger partial charge is 0.262 e. The van der Waals surface area contributed by atoms with E-state index >= 15 is 0 Å². The van der Waals surface area contributed by atoms with Crippen molar-refractivity contribution < 1.29 is 35.8 Å². The van der Waals surface area contributed by atoms with Gasteiger partial charge in [-0.1, -0.05) is 6.07 Å². The number of ether oxygens (including phenoxy) is 3. The Bertz CT molecular complexity index is 1540. The van der Waals surface area contributed by atoms with Crippen LogP contribution in [-0.4, -0.2) is 49.4 Å². The second kappa shape index (κ2) is 10.2. The highest BCUT2D eigenvalue weighted by Crippen LogP contribution is 2.36. The number of amides is 1.